The minimum absolute atomic E-state index is 0. The first kappa shape index (κ1) is 19.3. The molecule has 118 valence electrons. The van der Waals surface area contributed by atoms with E-state index in [-0.39, 0.29) is 30.0 Å². The summed E-state index contributed by atoms with van der Waals surface area (Å²) in [7, 11) is 0. The van der Waals surface area contributed by atoms with E-state index in [9.17, 15) is 14.9 Å². The highest BCUT2D eigenvalue weighted by molar-refractivity contribution is 5.96. The third kappa shape index (κ3) is 5.32. The van der Waals surface area contributed by atoms with Gasteiger partial charge in [0.2, 0.25) is 0 Å². The predicted molar refractivity (Wildman–Crippen MR) is 84.9 cm³/mol. The molecule has 0 saturated heterocycles. The molecular formula is C14H22ClN3O3. The summed E-state index contributed by atoms with van der Waals surface area (Å²) in [6.07, 6.45) is 2.82. The first-order valence-electron chi connectivity index (χ1n) is 6.76. The number of rotatable bonds is 7. The average Bonchev–Trinajstić information content (AvgIpc) is 2.43. The Balaban J connectivity index is 0.00000400. The lowest BCUT2D eigenvalue weighted by molar-refractivity contribution is -0.385. The first-order chi connectivity index (χ1) is 9.51. The Morgan fingerprint density at radius 1 is 1.48 bits per heavy atom. The minimum atomic E-state index is -0.483. The number of nitrogens with two attached hydrogens (primary N) is 1. The molecule has 1 aromatic rings. The molecule has 0 aliphatic carbocycles. The Hall–Kier alpha value is -1.66. The smallest absolute Gasteiger partial charge is 0.273 e. The van der Waals surface area contributed by atoms with Gasteiger partial charge in [-0.25, -0.2) is 0 Å². The summed E-state index contributed by atoms with van der Waals surface area (Å²) in [5, 5.41) is 13.7. The van der Waals surface area contributed by atoms with Gasteiger partial charge in [-0.3, -0.25) is 14.9 Å². The predicted octanol–water partition coefficient (Wildman–Crippen LogP) is 2.57. The van der Waals surface area contributed by atoms with Crippen LogP contribution in [0.5, 0.6) is 0 Å². The standard InChI is InChI=1S/C14H21N3O3.ClH/c1-3-4-6-11(9-15)16-14(18)12-7-5-8-13(10(12)2)17(19)20;/h5,7-8,11H,3-4,6,9,15H2,1-2H3,(H,16,18);1H. The molecule has 0 heterocycles. The van der Waals surface area contributed by atoms with Crippen LogP contribution < -0.4 is 11.1 Å². The zero-order valence-corrected chi connectivity index (χ0v) is 13.1. The van der Waals surface area contributed by atoms with Gasteiger partial charge in [0, 0.05) is 29.8 Å². The van der Waals surface area contributed by atoms with E-state index >= 15 is 0 Å². The topological polar surface area (TPSA) is 98.3 Å². The highest BCUT2D eigenvalue weighted by Crippen LogP contribution is 2.21. The van der Waals surface area contributed by atoms with Crippen LogP contribution in [0.2, 0.25) is 0 Å². The molecule has 1 atom stereocenters. The normalized spacial score (nSPS) is 11.4. The summed E-state index contributed by atoms with van der Waals surface area (Å²) in [5.74, 6) is -0.308. The van der Waals surface area contributed by atoms with Crippen LogP contribution >= 0.6 is 12.4 Å². The fourth-order valence-electron chi connectivity index (χ4n) is 2.03. The SMILES string of the molecule is CCCCC(CN)NC(=O)c1cccc([N+](=O)[O-])c1C.Cl. The fourth-order valence-corrected chi connectivity index (χ4v) is 2.03. The molecule has 21 heavy (non-hydrogen) atoms. The molecule has 1 amide bonds. The second kappa shape index (κ2) is 9.31. The molecule has 0 bridgehead atoms. The largest absolute Gasteiger partial charge is 0.348 e. The fraction of sp³-hybridized carbons (Fsp3) is 0.500. The van der Waals surface area contributed by atoms with Crippen LogP contribution in [0.15, 0.2) is 18.2 Å². The van der Waals surface area contributed by atoms with Crippen molar-refractivity contribution in [3.63, 3.8) is 0 Å². The molecule has 0 fully saturated rings. The highest BCUT2D eigenvalue weighted by atomic mass is 35.5. The van der Waals surface area contributed by atoms with Gasteiger partial charge >= 0.3 is 0 Å². The lowest BCUT2D eigenvalue weighted by Crippen LogP contribution is -2.40. The number of amides is 1. The maximum Gasteiger partial charge on any atom is 0.273 e. The summed E-state index contributed by atoms with van der Waals surface area (Å²) in [4.78, 5) is 22.6. The molecule has 1 unspecified atom stereocenters. The number of hydrogen-bond acceptors (Lipinski definition) is 4. The average molecular weight is 316 g/mol. The molecule has 1 aromatic carbocycles. The lowest BCUT2D eigenvalue weighted by atomic mass is 10.0. The molecule has 0 saturated carbocycles. The number of nitro benzene ring substituents is 1. The highest BCUT2D eigenvalue weighted by Gasteiger charge is 2.19. The number of benzene rings is 1. The molecule has 0 aromatic heterocycles. The monoisotopic (exact) mass is 315 g/mol. The maximum atomic E-state index is 12.2. The molecule has 1 rings (SSSR count). The number of halogens is 1. The van der Waals surface area contributed by atoms with Crippen LogP contribution in [0.4, 0.5) is 5.69 Å². The number of unbranched alkanes of at least 4 members (excludes halogenated alkanes) is 1. The van der Waals surface area contributed by atoms with Crippen molar-refractivity contribution < 1.29 is 9.72 Å². The van der Waals surface area contributed by atoms with Crippen LogP contribution in [0.3, 0.4) is 0 Å². The zero-order chi connectivity index (χ0) is 15.1. The zero-order valence-electron chi connectivity index (χ0n) is 12.3. The number of nitro groups is 1. The van der Waals surface area contributed by atoms with Gasteiger partial charge in [0.05, 0.1) is 4.92 Å². The summed E-state index contributed by atoms with van der Waals surface area (Å²) in [6.45, 7) is 4.01. The summed E-state index contributed by atoms with van der Waals surface area (Å²) in [6, 6.07) is 4.40. The summed E-state index contributed by atoms with van der Waals surface area (Å²) in [5.41, 5.74) is 6.29. The van der Waals surface area contributed by atoms with Crippen molar-refractivity contribution in [2.45, 2.75) is 39.2 Å². The Labute approximate surface area is 130 Å². The number of nitrogens with one attached hydrogen (secondary N) is 1. The Morgan fingerprint density at radius 3 is 2.67 bits per heavy atom. The van der Waals surface area contributed by atoms with E-state index in [4.69, 9.17) is 5.73 Å². The summed E-state index contributed by atoms with van der Waals surface area (Å²) >= 11 is 0. The van der Waals surface area contributed by atoms with Crippen LogP contribution in [-0.4, -0.2) is 23.4 Å². The van der Waals surface area contributed by atoms with E-state index < -0.39 is 4.92 Å². The van der Waals surface area contributed by atoms with Gasteiger partial charge in [-0.2, -0.15) is 0 Å². The van der Waals surface area contributed by atoms with Crippen LogP contribution in [0.25, 0.3) is 0 Å². The lowest BCUT2D eigenvalue weighted by Gasteiger charge is -2.17. The molecule has 6 nitrogen and oxygen atoms in total. The molecule has 0 spiro atoms. The van der Waals surface area contributed by atoms with Crippen LogP contribution in [0.1, 0.15) is 42.1 Å². The molecule has 7 heteroatoms. The second-order valence-corrected chi connectivity index (χ2v) is 4.76. The van der Waals surface area contributed by atoms with Gasteiger partial charge < -0.3 is 11.1 Å². The third-order valence-corrected chi connectivity index (χ3v) is 3.27. The van der Waals surface area contributed by atoms with Crippen molar-refractivity contribution in [3.05, 3.63) is 39.4 Å². The minimum Gasteiger partial charge on any atom is -0.348 e. The summed E-state index contributed by atoms with van der Waals surface area (Å²) < 4.78 is 0. The molecule has 3 N–H and O–H groups in total. The van der Waals surface area contributed by atoms with Crippen molar-refractivity contribution in [1.82, 2.24) is 5.32 Å². The van der Waals surface area contributed by atoms with Gasteiger partial charge in [0.1, 0.15) is 0 Å². The van der Waals surface area contributed by atoms with Crippen molar-refractivity contribution in [2.24, 2.45) is 5.73 Å². The quantitative estimate of drug-likeness (QED) is 0.596. The van der Waals surface area contributed by atoms with Gasteiger partial charge in [-0.15, -0.1) is 12.4 Å². The van der Waals surface area contributed by atoms with Crippen LogP contribution in [0, 0.1) is 17.0 Å². The Morgan fingerprint density at radius 2 is 2.14 bits per heavy atom. The number of carbonyl (C=O) groups is 1. The van der Waals surface area contributed by atoms with E-state index in [2.05, 4.69) is 12.2 Å². The van der Waals surface area contributed by atoms with Gasteiger partial charge in [0.15, 0.2) is 0 Å². The van der Waals surface area contributed by atoms with Crippen molar-refractivity contribution in [2.75, 3.05) is 6.54 Å². The van der Waals surface area contributed by atoms with Crippen molar-refractivity contribution in [1.29, 1.82) is 0 Å². The van der Waals surface area contributed by atoms with Crippen molar-refractivity contribution >= 4 is 24.0 Å². The van der Waals surface area contributed by atoms with Gasteiger partial charge in [0.25, 0.3) is 11.6 Å². The van der Waals surface area contributed by atoms with Crippen LogP contribution in [-0.2, 0) is 0 Å². The first-order valence-corrected chi connectivity index (χ1v) is 6.76. The number of carbonyl (C=O) groups excluding carboxylic acids is 1. The Kier molecular flexibility index (Phi) is 8.57. The second-order valence-electron chi connectivity index (χ2n) is 4.76. The molecule has 0 aliphatic heterocycles. The van der Waals surface area contributed by atoms with E-state index in [1.54, 1.807) is 13.0 Å². The maximum absolute atomic E-state index is 12.2. The third-order valence-electron chi connectivity index (χ3n) is 3.27. The number of nitrogens with zero attached hydrogens (tertiary/aromatic N) is 1. The van der Waals surface area contributed by atoms with Gasteiger partial charge in [-0.1, -0.05) is 25.8 Å². The number of hydrogen-bond donors (Lipinski definition) is 2. The Bertz CT molecular complexity index is 494. The van der Waals surface area contributed by atoms with E-state index in [1.165, 1.54) is 12.1 Å². The van der Waals surface area contributed by atoms with E-state index in [1.807, 2.05) is 0 Å². The molecule has 0 aliphatic rings. The van der Waals surface area contributed by atoms with E-state index in [0.29, 0.717) is 17.7 Å². The van der Waals surface area contributed by atoms with Crippen molar-refractivity contribution in [3.8, 4) is 0 Å². The molecular weight excluding hydrogens is 294 g/mol. The molecule has 0 radical (unpaired) electrons. The van der Waals surface area contributed by atoms with E-state index in [0.717, 1.165) is 19.3 Å². The van der Waals surface area contributed by atoms with Gasteiger partial charge in [-0.05, 0) is 19.4 Å².